The van der Waals surface area contributed by atoms with Gasteiger partial charge >= 0.3 is 6.18 Å². The summed E-state index contributed by atoms with van der Waals surface area (Å²) in [6, 6.07) is 0. The first-order chi connectivity index (χ1) is 6.68. The average molecular weight is 221 g/mol. The second-order valence-corrected chi connectivity index (χ2v) is 5.08. The molecule has 4 heteroatoms. The Labute approximate surface area is 88.9 Å². The molecule has 0 saturated carbocycles. The van der Waals surface area contributed by atoms with Gasteiger partial charge in [-0.3, -0.25) is 4.90 Å². The van der Waals surface area contributed by atoms with Crippen molar-refractivity contribution in [2.75, 3.05) is 19.6 Å². The summed E-state index contributed by atoms with van der Waals surface area (Å²) in [6.45, 7) is 6.43. The van der Waals surface area contributed by atoms with Gasteiger partial charge < -0.3 is 0 Å². The maximum absolute atomic E-state index is 12.1. The van der Waals surface area contributed by atoms with E-state index in [1.807, 2.05) is 6.08 Å². The zero-order valence-electron chi connectivity index (χ0n) is 9.49. The van der Waals surface area contributed by atoms with E-state index in [9.17, 15) is 13.2 Å². The molecule has 1 aliphatic rings. The zero-order chi connectivity index (χ0) is 11.7. The zero-order valence-corrected chi connectivity index (χ0v) is 9.49. The first-order valence-corrected chi connectivity index (χ1v) is 5.17. The summed E-state index contributed by atoms with van der Waals surface area (Å²) in [4.78, 5) is 1.44. The van der Waals surface area contributed by atoms with Gasteiger partial charge in [0.25, 0.3) is 0 Å². The molecule has 15 heavy (non-hydrogen) atoms. The molecule has 0 amide bonds. The van der Waals surface area contributed by atoms with E-state index in [1.54, 1.807) is 0 Å². The molecule has 88 valence electrons. The summed E-state index contributed by atoms with van der Waals surface area (Å²) < 4.78 is 36.3. The molecule has 1 rings (SSSR count). The minimum Gasteiger partial charge on any atom is -0.291 e. The third-order valence-electron chi connectivity index (χ3n) is 2.66. The Morgan fingerprint density at radius 2 is 1.87 bits per heavy atom. The van der Waals surface area contributed by atoms with Gasteiger partial charge in [0.15, 0.2) is 0 Å². The number of halogens is 3. The topological polar surface area (TPSA) is 3.24 Å². The Morgan fingerprint density at radius 3 is 2.20 bits per heavy atom. The molecule has 0 fully saturated rings. The van der Waals surface area contributed by atoms with Crippen molar-refractivity contribution < 1.29 is 13.2 Å². The quantitative estimate of drug-likeness (QED) is 0.614. The van der Waals surface area contributed by atoms with Crippen LogP contribution in [-0.4, -0.2) is 30.7 Å². The number of alkyl halides is 3. The predicted octanol–water partition coefficient (Wildman–Crippen LogP) is 3.23. The van der Waals surface area contributed by atoms with E-state index in [4.69, 9.17) is 0 Å². The van der Waals surface area contributed by atoms with Crippen molar-refractivity contribution in [1.29, 1.82) is 0 Å². The van der Waals surface area contributed by atoms with Gasteiger partial charge in [-0.2, -0.15) is 13.2 Å². The van der Waals surface area contributed by atoms with Gasteiger partial charge in [-0.1, -0.05) is 32.4 Å². The molecule has 0 N–H and O–H groups in total. The number of rotatable bonds is 1. The molecule has 0 spiro atoms. The fraction of sp³-hybridized carbons (Fsp3) is 0.818. The van der Waals surface area contributed by atoms with Crippen molar-refractivity contribution in [2.45, 2.75) is 33.4 Å². The maximum atomic E-state index is 12.1. The molecule has 0 saturated heterocycles. The largest absolute Gasteiger partial charge is 0.401 e. The highest BCUT2D eigenvalue weighted by molar-refractivity contribution is 5.14. The molecule has 1 aliphatic heterocycles. The third kappa shape index (κ3) is 4.24. The summed E-state index contributed by atoms with van der Waals surface area (Å²) in [6.07, 6.45) is -1.39. The minimum absolute atomic E-state index is 0.0876. The summed E-state index contributed by atoms with van der Waals surface area (Å²) in [5, 5.41) is 0. The van der Waals surface area contributed by atoms with E-state index in [0.29, 0.717) is 13.1 Å². The lowest BCUT2D eigenvalue weighted by Crippen LogP contribution is -2.38. The van der Waals surface area contributed by atoms with E-state index in [-0.39, 0.29) is 5.41 Å². The molecular weight excluding hydrogens is 203 g/mol. The van der Waals surface area contributed by atoms with Gasteiger partial charge in [-0.25, -0.2) is 0 Å². The van der Waals surface area contributed by atoms with Crippen LogP contribution in [0.4, 0.5) is 13.2 Å². The van der Waals surface area contributed by atoms with Gasteiger partial charge in [-0.05, 0) is 11.8 Å². The summed E-state index contributed by atoms with van der Waals surface area (Å²) >= 11 is 0. The van der Waals surface area contributed by atoms with Crippen LogP contribution >= 0.6 is 0 Å². The van der Waals surface area contributed by atoms with Crippen molar-refractivity contribution in [3.8, 4) is 0 Å². The Balaban J connectivity index is 2.52. The molecule has 0 aliphatic carbocycles. The van der Waals surface area contributed by atoms with Gasteiger partial charge in [-0.15, -0.1) is 0 Å². The van der Waals surface area contributed by atoms with Gasteiger partial charge in [0.2, 0.25) is 0 Å². The molecule has 0 atom stereocenters. The van der Waals surface area contributed by atoms with Crippen LogP contribution in [0.5, 0.6) is 0 Å². The molecular formula is C11H18F3N. The number of hydrogen-bond donors (Lipinski definition) is 0. The van der Waals surface area contributed by atoms with Crippen molar-refractivity contribution in [2.24, 2.45) is 5.41 Å². The Kier molecular flexibility index (Phi) is 3.48. The van der Waals surface area contributed by atoms with Crippen LogP contribution in [0.25, 0.3) is 0 Å². The van der Waals surface area contributed by atoms with E-state index in [0.717, 1.165) is 6.42 Å². The van der Waals surface area contributed by atoms with Crippen molar-refractivity contribution in [3.63, 3.8) is 0 Å². The van der Waals surface area contributed by atoms with E-state index in [2.05, 4.69) is 20.8 Å². The molecule has 0 radical (unpaired) electrons. The van der Waals surface area contributed by atoms with Crippen molar-refractivity contribution in [3.05, 3.63) is 11.6 Å². The second-order valence-electron chi connectivity index (χ2n) is 5.08. The molecule has 1 nitrogen and oxygen atoms in total. The average Bonchev–Trinajstić information content (AvgIpc) is 2.00. The van der Waals surface area contributed by atoms with Crippen LogP contribution < -0.4 is 0 Å². The highest BCUT2D eigenvalue weighted by Crippen LogP contribution is 2.30. The first-order valence-electron chi connectivity index (χ1n) is 5.17. The monoisotopic (exact) mass is 221 g/mol. The first kappa shape index (κ1) is 12.6. The van der Waals surface area contributed by atoms with Crippen LogP contribution in [0.15, 0.2) is 11.6 Å². The van der Waals surface area contributed by atoms with Crippen LogP contribution in [0.1, 0.15) is 27.2 Å². The standard InChI is InChI=1S/C11H18F3N/c1-10(2,3)9-4-6-15(7-5-9)8-11(12,13)14/h4H,5-8H2,1-3H3. The van der Waals surface area contributed by atoms with Gasteiger partial charge in [0, 0.05) is 13.1 Å². The van der Waals surface area contributed by atoms with E-state index >= 15 is 0 Å². The number of nitrogens with zero attached hydrogens (tertiary/aromatic N) is 1. The summed E-state index contributed by atoms with van der Waals surface area (Å²) in [5.74, 6) is 0. The maximum Gasteiger partial charge on any atom is 0.401 e. The smallest absolute Gasteiger partial charge is 0.291 e. The SMILES string of the molecule is CC(C)(C)C1=CCN(CC(F)(F)F)CC1. The van der Waals surface area contributed by atoms with Crippen molar-refractivity contribution in [1.82, 2.24) is 4.90 Å². The van der Waals surface area contributed by atoms with Crippen LogP contribution in [0, 0.1) is 5.41 Å². The van der Waals surface area contributed by atoms with Crippen LogP contribution in [0.2, 0.25) is 0 Å². The van der Waals surface area contributed by atoms with Crippen LogP contribution in [0.3, 0.4) is 0 Å². The lowest BCUT2D eigenvalue weighted by Gasteiger charge is -2.32. The Morgan fingerprint density at radius 1 is 1.27 bits per heavy atom. The minimum atomic E-state index is -4.08. The number of hydrogen-bond acceptors (Lipinski definition) is 1. The lowest BCUT2D eigenvalue weighted by molar-refractivity contribution is -0.145. The van der Waals surface area contributed by atoms with E-state index in [1.165, 1.54) is 10.5 Å². The van der Waals surface area contributed by atoms with Gasteiger partial charge in [0.05, 0.1) is 6.54 Å². The molecule has 0 unspecified atom stereocenters. The molecule has 0 aromatic heterocycles. The molecule has 0 bridgehead atoms. The highest BCUT2D eigenvalue weighted by atomic mass is 19.4. The van der Waals surface area contributed by atoms with Crippen molar-refractivity contribution >= 4 is 0 Å². The van der Waals surface area contributed by atoms with E-state index < -0.39 is 12.7 Å². The third-order valence-corrected chi connectivity index (χ3v) is 2.66. The Hall–Kier alpha value is -0.510. The normalized spacial score (nSPS) is 20.3. The molecule has 0 aromatic rings. The van der Waals surface area contributed by atoms with Gasteiger partial charge in [0.1, 0.15) is 0 Å². The van der Waals surface area contributed by atoms with Crippen LogP contribution in [-0.2, 0) is 0 Å². The predicted molar refractivity (Wildman–Crippen MR) is 54.7 cm³/mol. The summed E-state index contributed by atoms with van der Waals surface area (Å²) in [7, 11) is 0. The Bertz CT molecular complexity index is 248. The second kappa shape index (κ2) is 4.16. The fourth-order valence-electron chi connectivity index (χ4n) is 1.79. The lowest BCUT2D eigenvalue weighted by atomic mass is 9.83. The molecule has 1 heterocycles. The molecule has 0 aromatic carbocycles. The highest BCUT2D eigenvalue weighted by Gasteiger charge is 2.32. The fourth-order valence-corrected chi connectivity index (χ4v) is 1.79. The summed E-state index contributed by atoms with van der Waals surface area (Å²) in [5.41, 5.74) is 1.35.